The Morgan fingerprint density at radius 1 is 0.585 bits per heavy atom. The Hall–Kier alpha value is -2.26. The molecule has 2 aromatic carbocycles. The Kier molecular flexibility index (Phi) is 20.1. The number of hydrogen-bond donors (Lipinski definition) is 0. The van der Waals surface area contributed by atoms with Crippen LogP contribution >= 0.6 is 23.5 Å². The number of benzene rings is 2. The maximum atomic E-state index is 13.7. The van der Waals surface area contributed by atoms with Crippen molar-refractivity contribution in [1.29, 1.82) is 0 Å². The smallest absolute Gasteiger partial charge is 0.310 e. The molecule has 8 heteroatoms. The van der Waals surface area contributed by atoms with Crippen LogP contribution in [0.3, 0.4) is 0 Å². The first-order valence-electron chi connectivity index (χ1n) is 20.4. The van der Waals surface area contributed by atoms with Crippen LogP contribution in [0.5, 0.6) is 0 Å². The summed E-state index contributed by atoms with van der Waals surface area (Å²) in [5, 5.41) is 0. The second kappa shape index (κ2) is 23.6. The normalized spacial score (nSPS) is 16.5. The molecule has 3 rings (SSSR count). The average Bonchev–Trinajstić information content (AvgIpc) is 3.11. The molecule has 0 N–H and O–H groups in total. The highest BCUT2D eigenvalue weighted by Gasteiger charge is 2.41. The number of hydrogen-bond acceptors (Lipinski definition) is 6. The topological polar surface area (TPSA) is 52.6 Å². The van der Waals surface area contributed by atoms with Crippen LogP contribution in [0.1, 0.15) is 108 Å². The summed E-state index contributed by atoms with van der Waals surface area (Å²) in [7, 11) is 14.8. The number of thioether (sulfide) groups is 2. The number of allylic oxidation sites excluding steroid dienone is 2. The van der Waals surface area contributed by atoms with Crippen LogP contribution in [0.2, 0.25) is 0 Å². The van der Waals surface area contributed by atoms with E-state index in [4.69, 9.17) is 9.47 Å². The van der Waals surface area contributed by atoms with Crippen LogP contribution in [0.4, 0.5) is 0 Å². The van der Waals surface area contributed by atoms with Crippen molar-refractivity contribution in [2.75, 3.05) is 69.1 Å². The number of unbranched alkanes of at least 4 members (excludes halogenated alkanes) is 9. The molecule has 0 spiro atoms. The lowest BCUT2D eigenvalue weighted by molar-refractivity contribution is -0.870. The van der Waals surface area contributed by atoms with Gasteiger partial charge in [0.25, 0.3) is 0 Å². The lowest BCUT2D eigenvalue weighted by Crippen LogP contribution is -2.35. The molecule has 0 heterocycles. The summed E-state index contributed by atoms with van der Waals surface area (Å²) >= 11 is 3.46. The summed E-state index contributed by atoms with van der Waals surface area (Å²) in [4.78, 5) is 31.5. The van der Waals surface area contributed by atoms with Crippen LogP contribution in [-0.2, 0) is 31.9 Å². The Labute approximate surface area is 332 Å². The lowest BCUT2D eigenvalue weighted by Gasteiger charge is -2.31. The van der Waals surface area contributed by atoms with Gasteiger partial charge in [-0.2, -0.15) is 0 Å². The van der Waals surface area contributed by atoms with Crippen molar-refractivity contribution in [2.24, 2.45) is 11.8 Å². The Morgan fingerprint density at radius 3 is 1.49 bits per heavy atom. The maximum absolute atomic E-state index is 13.7. The largest absolute Gasteiger partial charge is 0.469 e. The van der Waals surface area contributed by atoms with Crippen molar-refractivity contribution >= 4 is 35.5 Å². The van der Waals surface area contributed by atoms with E-state index >= 15 is 0 Å². The molecule has 0 aromatic heterocycles. The molecular formula is C45H72N2O4S2+2. The molecule has 0 amide bonds. The molecule has 0 bridgehead atoms. The fraction of sp³-hybridized carbons (Fsp3) is 0.644. The van der Waals surface area contributed by atoms with Crippen molar-refractivity contribution < 1.29 is 28.0 Å². The monoisotopic (exact) mass is 768 g/mol. The number of quaternary nitrogens is 2. The zero-order chi connectivity index (χ0) is 38.7. The van der Waals surface area contributed by atoms with Gasteiger partial charge in [0.2, 0.25) is 0 Å². The van der Waals surface area contributed by atoms with E-state index in [0.29, 0.717) is 19.4 Å². The van der Waals surface area contributed by atoms with Gasteiger partial charge in [-0.3, -0.25) is 9.59 Å². The molecule has 0 saturated carbocycles. The first-order chi connectivity index (χ1) is 25.3. The van der Waals surface area contributed by atoms with Gasteiger partial charge in [0, 0.05) is 19.6 Å². The van der Waals surface area contributed by atoms with E-state index in [0.717, 1.165) is 73.6 Å². The van der Waals surface area contributed by atoms with E-state index in [1.54, 1.807) is 23.5 Å². The summed E-state index contributed by atoms with van der Waals surface area (Å²) < 4.78 is 13.1. The molecule has 0 radical (unpaired) electrons. The second-order valence-electron chi connectivity index (χ2n) is 17.1. The molecule has 0 unspecified atom stereocenters. The Bertz CT molecular complexity index is 1390. The fourth-order valence-electron chi connectivity index (χ4n) is 6.83. The van der Waals surface area contributed by atoms with E-state index in [9.17, 15) is 9.59 Å². The highest BCUT2D eigenvalue weighted by atomic mass is 32.2. The van der Waals surface area contributed by atoms with Crippen LogP contribution in [0, 0.1) is 11.8 Å². The predicted molar refractivity (Wildman–Crippen MR) is 225 cm³/mol. The van der Waals surface area contributed by atoms with Crippen LogP contribution in [0.15, 0.2) is 68.1 Å². The van der Waals surface area contributed by atoms with Crippen molar-refractivity contribution in [3.8, 4) is 0 Å². The Balaban J connectivity index is 1.74. The van der Waals surface area contributed by atoms with E-state index < -0.39 is 11.8 Å². The zero-order valence-corrected chi connectivity index (χ0v) is 36.2. The third-order valence-electron chi connectivity index (χ3n) is 10.1. The van der Waals surface area contributed by atoms with E-state index in [-0.39, 0.29) is 11.9 Å². The van der Waals surface area contributed by atoms with Gasteiger partial charge in [0.1, 0.15) is 0 Å². The number of aryl methyl sites for hydroxylation is 2. The fourth-order valence-corrected chi connectivity index (χ4v) is 9.12. The molecule has 296 valence electrons. The molecule has 0 aliphatic heterocycles. The van der Waals surface area contributed by atoms with Crippen LogP contribution in [-0.4, -0.2) is 90.0 Å². The summed E-state index contributed by atoms with van der Waals surface area (Å²) in [6, 6.07) is 17.9. The molecule has 6 nitrogen and oxygen atoms in total. The van der Waals surface area contributed by atoms with E-state index in [1.807, 2.05) is 0 Å². The van der Waals surface area contributed by atoms with Gasteiger partial charge in [-0.05, 0) is 106 Å². The van der Waals surface area contributed by atoms with E-state index in [1.165, 1.54) is 76.1 Å². The van der Waals surface area contributed by atoms with Gasteiger partial charge in [-0.25, -0.2) is 0 Å². The van der Waals surface area contributed by atoms with Gasteiger partial charge in [0.05, 0.1) is 80.9 Å². The summed E-state index contributed by atoms with van der Waals surface area (Å²) in [5.41, 5.74) is 2.73. The number of nitrogens with zero attached hydrogens (tertiary/aromatic N) is 2. The first kappa shape index (κ1) is 45.1. The third-order valence-corrected chi connectivity index (χ3v) is 12.5. The number of methoxy groups -OCH3 is 1. The van der Waals surface area contributed by atoms with Crippen molar-refractivity contribution in [3.63, 3.8) is 0 Å². The third kappa shape index (κ3) is 18.3. The summed E-state index contributed by atoms with van der Waals surface area (Å²) in [6.07, 6.45) is 17.5. The number of carbonyl (C=O) groups excluding carboxylic acids is 2. The van der Waals surface area contributed by atoms with Crippen molar-refractivity contribution in [3.05, 3.63) is 69.5 Å². The predicted octanol–water partition coefficient (Wildman–Crippen LogP) is 10.7. The summed E-state index contributed by atoms with van der Waals surface area (Å²) in [5.74, 6) is -1.74. The molecule has 1 aliphatic carbocycles. The Morgan fingerprint density at radius 2 is 1.00 bits per heavy atom. The van der Waals surface area contributed by atoms with Gasteiger partial charge in [0.15, 0.2) is 0 Å². The van der Waals surface area contributed by atoms with Crippen molar-refractivity contribution in [2.45, 2.75) is 119 Å². The standard InChI is InChI=1S/C45H72N2O4S2/c1-9-10-11-12-13-16-21-36-23-27-38(28-24-36)52-42-34-40(44(48)50-8)41(45(49)51-33-20-15-14-18-31-46(2,3)4)35-43(42)53-39-29-25-37(26-30-39)22-17-19-32-47(5,6)7/h23-30,40-41H,9-22,31-35H2,1-8H3/q+2/t40-,41-/m0/s1. The second-order valence-corrected chi connectivity index (χ2v) is 19.4. The zero-order valence-electron chi connectivity index (χ0n) is 34.6. The minimum atomic E-state index is -0.565. The molecule has 1 aliphatic rings. The average molecular weight is 769 g/mol. The SMILES string of the molecule is CCCCCCCCc1ccc(SC2=C(Sc3ccc(CCCC[N+](C)(C)C)cc3)C[C@H](C(=O)OCCCCCC[N+](C)(C)C)[C@@H](C(=O)OC)C2)cc1. The van der Waals surface area contributed by atoms with Crippen LogP contribution < -0.4 is 0 Å². The van der Waals surface area contributed by atoms with Crippen molar-refractivity contribution in [1.82, 2.24) is 0 Å². The van der Waals surface area contributed by atoms with E-state index in [2.05, 4.69) is 97.7 Å². The number of esters is 2. The maximum Gasteiger partial charge on any atom is 0.310 e. The highest BCUT2D eigenvalue weighted by molar-refractivity contribution is 8.06. The number of ether oxygens (including phenoxy) is 2. The molecule has 0 fully saturated rings. The van der Waals surface area contributed by atoms with Gasteiger partial charge < -0.3 is 18.4 Å². The van der Waals surface area contributed by atoms with Gasteiger partial charge >= 0.3 is 11.9 Å². The summed E-state index contributed by atoms with van der Waals surface area (Å²) in [6.45, 7) is 4.97. The van der Waals surface area contributed by atoms with Crippen LogP contribution in [0.25, 0.3) is 0 Å². The van der Waals surface area contributed by atoms with Gasteiger partial charge in [-0.1, -0.05) is 86.8 Å². The lowest BCUT2D eigenvalue weighted by atomic mass is 9.82. The molecule has 53 heavy (non-hydrogen) atoms. The number of carbonyl (C=O) groups is 2. The quantitative estimate of drug-likeness (QED) is 0.0570. The molecule has 0 saturated heterocycles. The minimum absolute atomic E-state index is 0.280. The molecule has 2 atom stereocenters. The molecule has 2 aromatic rings. The van der Waals surface area contributed by atoms with Gasteiger partial charge in [-0.15, -0.1) is 0 Å². The molecular weight excluding hydrogens is 697 g/mol. The number of rotatable bonds is 25. The minimum Gasteiger partial charge on any atom is -0.469 e. The first-order valence-corrected chi connectivity index (χ1v) is 22.0. The highest BCUT2D eigenvalue weighted by Crippen LogP contribution is 2.48.